The summed E-state index contributed by atoms with van der Waals surface area (Å²) in [5.74, 6) is 0.211. The van der Waals surface area contributed by atoms with Crippen molar-refractivity contribution in [3.05, 3.63) is 35.4 Å². The Bertz CT molecular complexity index is 354. The maximum Gasteiger partial charge on any atom is 0.252 e. The van der Waals surface area contributed by atoms with Crippen LogP contribution in [0.1, 0.15) is 35.7 Å². The van der Waals surface area contributed by atoms with E-state index in [9.17, 15) is 9.59 Å². The van der Waals surface area contributed by atoms with Gasteiger partial charge < -0.3 is 4.79 Å². The Morgan fingerprint density at radius 3 is 2.27 bits per heavy atom. The number of Topliss-reactive ketones (excluding diaryl/α,β-unsaturated/α-hetero) is 1. The van der Waals surface area contributed by atoms with Gasteiger partial charge in [0.2, 0.25) is 0 Å². The highest BCUT2D eigenvalue weighted by Gasteiger charge is 2.01. The van der Waals surface area contributed by atoms with Crippen molar-refractivity contribution in [2.45, 2.75) is 26.2 Å². The van der Waals surface area contributed by atoms with Crippen LogP contribution in [-0.4, -0.2) is 11.0 Å². The number of hydrogen-bond acceptors (Lipinski definition) is 2. The van der Waals surface area contributed by atoms with Gasteiger partial charge in [0.25, 0.3) is 5.24 Å². The van der Waals surface area contributed by atoms with E-state index in [0.717, 1.165) is 18.4 Å². The topological polar surface area (TPSA) is 34.1 Å². The molecule has 0 aromatic heterocycles. The fourth-order valence-electron chi connectivity index (χ4n) is 1.34. The summed E-state index contributed by atoms with van der Waals surface area (Å²) in [5.41, 5.74) is 1.63. The lowest BCUT2D eigenvalue weighted by molar-refractivity contribution is -0.117. The Morgan fingerprint density at radius 1 is 1.20 bits per heavy atom. The monoisotopic (exact) mass is 224 g/mol. The number of carbonyl (C=O) groups is 2. The lowest BCUT2D eigenvalue weighted by Gasteiger charge is -2.00. The van der Waals surface area contributed by atoms with E-state index in [1.54, 1.807) is 19.1 Å². The summed E-state index contributed by atoms with van der Waals surface area (Å²) in [7, 11) is 0. The van der Waals surface area contributed by atoms with Crippen LogP contribution in [0, 0.1) is 0 Å². The molecule has 0 saturated carbocycles. The van der Waals surface area contributed by atoms with Gasteiger partial charge in [-0.3, -0.25) is 4.79 Å². The normalized spacial score (nSPS) is 10.0. The molecule has 2 nitrogen and oxygen atoms in total. The van der Waals surface area contributed by atoms with E-state index in [1.807, 2.05) is 12.1 Å². The summed E-state index contributed by atoms with van der Waals surface area (Å²) in [6, 6.07) is 7.16. The molecule has 0 fully saturated rings. The quantitative estimate of drug-likeness (QED) is 0.721. The Kier molecular flexibility index (Phi) is 4.50. The van der Waals surface area contributed by atoms with Gasteiger partial charge in [0.05, 0.1) is 0 Å². The van der Waals surface area contributed by atoms with Gasteiger partial charge in [-0.05, 0) is 49.1 Å². The predicted molar refractivity (Wildman–Crippen MR) is 60.2 cm³/mol. The number of carbonyl (C=O) groups excluding carboxylic acids is 2. The van der Waals surface area contributed by atoms with E-state index in [2.05, 4.69) is 0 Å². The van der Waals surface area contributed by atoms with E-state index in [-0.39, 0.29) is 5.78 Å². The van der Waals surface area contributed by atoms with Crippen molar-refractivity contribution in [1.29, 1.82) is 0 Å². The first kappa shape index (κ1) is 11.9. The SMILES string of the molecule is CC(=O)CCCc1ccc(C(=O)Cl)cc1. The summed E-state index contributed by atoms with van der Waals surface area (Å²) >= 11 is 5.32. The standard InChI is InChI=1S/C12H13ClO2/c1-9(14)3-2-4-10-5-7-11(8-6-10)12(13)15/h5-8H,2-4H2,1H3. The van der Waals surface area contributed by atoms with Crippen LogP contribution in [0.15, 0.2) is 24.3 Å². The summed E-state index contributed by atoms with van der Waals surface area (Å²) < 4.78 is 0. The minimum atomic E-state index is -0.440. The third kappa shape index (κ3) is 4.26. The third-order valence-electron chi connectivity index (χ3n) is 2.18. The van der Waals surface area contributed by atoms with Crippen molar-refractivity contribution >= 4 is 22.6 Å². The van der Waals surface area contributed by atoms with Crippen LogP contribution in [0.25, 0.3) is 0 Å². The highest BCUT2D eigenvalue weighted by molar-refractivity contribution is 6.67. The zero-order valence-corrected chi connectivity index (χ0v) is 9.38. The van der Waals surface area contributed by atoms with Gasteiger partial charge >= 0.3 is 0 Å². The first-order valence-electron chi connectivity index (χ1n) is 4.88. The number of hydrogen-bond donors (Lipinski definition) is 0. The molecule has 3 heteroatoms. The van der Waals surface area contributed by atoms with E-state index < -0.39 is 5.24 Å². The molecule has 0 heterocycles. The second-order valence-electron chi connectivity index (χ2n) is 3.53. The molecule has 0 aliphatic heterocycles. The van der Waals surface area contributed by atoms with Crippen molar-refractivity contribution in [2.75, 3.05) is 0 Å². The fraction of sp³-hybridized carbons (Fsp3) is 0.333. The van der Waals surface area contributed by atoms with Gasteiger partial charge in [-0.15, -0.1) is 0 Å². The van der Waals surface area contributed by atoms with Crippen LogP contribution < -0.4 is 0 Å². The molecule has 80 valence electrons. The van der Waals surface area contributed by atoms with E-state index in [4.69, 9.17) is 11.6 Å². The van der Waals surface area contributed by atoms with Crippen molar-refractivity contribution in [2.24, 2.45) is 0 Å². The van der Waals surface area contributed by atoms with Crippen LogP contribution in [0.4, 0.5) is 0 Å². The van der Waals surface area contributed by atoms with Crippen molar-refractivity contribution in [1.82, 2.24) is 0 Å². The first-order valence-corrected chi connectivity index (χ1v) is 5.25. The molecule has 0 saturated heterocycles. The third-order valence-corrected chi connectivity index (χ3v) is 2.39. The first-order chi connectivity index (χ1) is 7.09. The lowest BCUT2D eigenvalue weighted by atomic mass is 10.1. The Morgan fingerprint density at radius 2 is 1.80 bits per heavy atom. The number of ketones is 1. The molecule has 0 unspecified atom stereocenters. The van der Waals surface area contributed by atoms with E-state index in [0.29, 0.717) is 12.0 Å². The molecule has 0 amide bonds. The molecule has 0 atom stereocenters. The number of aryl methyl sites for hydroxylation is 1. The van der Waals surface area contributed by atoms with Crippen LogP contribution in [0.2, 0.25) is 0 Å². The minimum Gasteiger partial charge on any atom is -0.300 e. The van der Waals surface area contributed by atoms with Crippen molar-refractivity contribution in [3.8, 4) is 0 Å². The number of benzene rings is 1. The molecule has 0 spiro atoms. The number of halogens is 1. The molecule has 0 radical (unpaired) electrons. The molecule has 1 aromatic carbocycles. The smallest absolute Gasteiger partial charge is 0.252 e. The Hall–Kier alpha value is -1.15. The molecule has 0 bridgehead atoms. The summed E-state index contributed by atoms with van der Waals surface area (Å²) in [5, 5.41) is -0.440. The molecular formula is C12H13ClO2. The predicted octanol–water partition coefficient (Wildman–Crippen LogP) is 2.98. The molecule has 15 heavy (non-hydrogen) atoms. The van der Waals surface area contributed by atoms with Gasteiger partial charge in [0.15, 0.2) is 0 Å². The summed E-state index contributed by atoms with van der Waals surface area (Å²) in [6.07, 6.45) is 2.32. The van der Waals surface area contributed by atoms with Gasteiger partial charge in [-0.1, -0.05) is 12.1 Å². The second-order valence-corrected chi connectivity index (χ2v) is 3.87. The van der Waals surface area contributed by atoms with Crippen LogP contribution in [-0.2, 0) is 11.2 Å². The van der Waals surface area contributed by atoms with E-state index >= 15 is 0 Å². The van der Waals surface area contributed by atoms with Gasteiger partial charge in [0, 0.05) is 12.0 Å². The zero-order chi connectivity index (χ0) is 11.3. The maximum absolute atomic E-state index is 10.8. The average molecular weight is 225 g/mol. The highest BCUT2D eigenvalue weighted by atomic mass is 35.5. The fourth-order valence-corrected chi connectivity index (χ4v) is 1.47. The molecule has 0 aliphatic carbocycles. The molecule has 1 rings (SSSR count). The van der Waals surface area contributed by atoms with Crippen LogP contribution >= 0.6 is 11.6 Å². The molecule has 0 aliphatic rings. The Labute approximate surface area is 94.2 Å². The van der Waals surface area contributed by atoms with Crippen LogP contribution in [0.5, 0.6) is 0 Å². The van der Waals surface area contributed by atoms with Gasteiger partial charge in [0.1, 0.15) is 5.78 Å². The highest BCUT2D eigenvalue weighted by Crippen LogP contribution is 2.09. The second kappa shape index (κ2) is 5.66. The van der Waals surface area contributed by atoms with Gasteiger partial charge in [-0.2, -0.15) is 0 Å². The largest absolute Gasteiger partial charge is 0.300 e. The summed E-state index contributed by atoms with van der Waals surface area (Å²) in [6.45, 7) is 1.59. The molecular weight excluding hydrogens is 212 g/mol. The maximum atomic E-state index is 10.8. The van der Waals surface area contributed by atoms with Crippen molar-refractivity contribution < 1.29 is 9.59 Å². The van der Waals surface area contributed by atoms with E-state index in [1.165, 1.54) is 0 Å². The molecule has 0 N–H and O–H groups in total. The summed E-state index contributed by atoms with van der Waals surface area (Å²) in [4.78, 5) is 21.5. The average Bonchev–Trinajstić information content (AvgIpc) is 2.18. The Balaban J connectivity index is 2.50. The van der Waals surface area contributed by atoms with Crippen LogP contribution in [0.3, 0.4) is 0 Å². The lowest BCUT2D eigenvalue weighted by Crippen LogP contribution is -1.93. The zero-order valence-electron chi connectivity index (χ0n) is 8.63. The number of rotatable bonds is 5. The molecule has 1 aromatic rings. The van der Waals surface area contributed by atoms with Crippen molar-refractivity contribution in [3.63, 3.8) is 0 Å². The minimum absolute atomic E-state index is 0.211. The van der Waals surface area contributed by atoms with Gasteiger partial charge in [-0.25, -0.2) is 0 Å².